The molecule has 0 aliphatic rings. The Morgan fingerprint density at radius 2 is 2.30 bits per heavy atom. The fourth-order valence-corrected chi connectivity index (χ4v) is 2.48. The smallest absolute Gasteiger partial charge is 0.328 e. The van der Waals surface area contributed by atoms with Crippen molar-refractivity contribution in [1.29, 1.82) is 0 Å². The number of nitrogens with zero attached hydrogens (tertiary/aromatic N) is 2. The van der Waals surface area contributed by atoms with E-state index >= 15 is 0 Å². The molecule has 4 nitrogen and oxygen atoms in total. The minimum atomic E-state index is -0.950. The van der Waals surface area contributed by atoms with E-state index in [1.165, 1.54) is 0 Å². The molecule has 1 aromatic heterocycles. The zero-order chi connectivity index (χ0) is 15.1. The van der Waals surface area contributed by atoms with Gasteiger partial charge in [-0.1, -0.05) is 0 Å². The number of hydrogen-bond acceptors (Lipinski definition) is 4. The van der Waals surface area contributed by atoms with Crippen molar-refractivity contribution < 1.29 is 9.90 Å². The van der Waals surface area contributed by atoms with Crippen LogP contribution in [0.5, 0.6) is 0 Å². The van der Waals surface area contributed by atoms with Gasteiger partial charge in [-0.25, -0.2) is 9.78 Å². The Morgan fingerprint density at radius 1 is 1.60 bits per heavy atom. The molecule has 0 saturated heterocycles. The highest BCUT2D eigenvalue weighted by Gasteiger charge is 2.13. The second-order valence-electron chi connectivity index (χ2n) is 4.82. The highest BCUT2D eigenvalue weighted by Crippen LogP contribution is 2.20. The average molecular weight is 294 g/mol. The van der Waals surface area contributed by atoms with Crippen molar-refractivity contribution in [3.8, 4) is 0 Å². The van der Waals surface area contributed by atoms with Gasteiger partial charge in [-0.2, -0.15) is 11.8 Å². The molecule has 0 bridgehead atoms. The van der Waals surface area contributed by atoms with Gasteiger partial charge < -0.3 is 10.0 Å². The highest BCUT2D eigenvalue weighted by atomic mass is 32.2. The maximum Gasteiger partial charge on any atom is 0.328 e. The topological polar surface area (TPSA) is 53.4 Å². The molecule has 1 atom stereocenters. The van der Waals surface area contributed by atoms with Gasteiger partial charge in [0.05, 0.1) is 0 Å². The van der Waals surface area contributed by atoms with E-state index in [4.69, 9.17) is 5.11 Å². The molecule has 0 amide bonds. The molecule has 1 aromatic rings. The lowest BCUT2D eigenvalue weighted by molar-refractivity contribution is -0.131. The van der Waals surface area contributed by atoms with Gasteiger partial charge in [0.15, 0.2) is 0 Å². The van der Waals surface area contributed by atoms with Gasteiger partial charge in [-0.05, 0) is 55.5 Å². The summed E-state index contributed by atoms with van der Waals surface area (Å²) in [4.78, 5) is 17.1. The van der Waals surface area contributed by atoms with E-state index < -0.39 is 5.97 Å². The van der Waals surface area contributed by atoms with Gasteiger partial charge in [0.25, 0.3) is 0 Å². The summed E-state index contributed by atoms with van der Waals surface area (Å²) in [6.07, 6.45) is 7.61. The Kier molecular flexibility index (Phi) is 6.58. The van der Waals surface area contributed by atoms with E-state index in [1.807, 2.05) is 31.8 Å². The lowest BCUT2D eigenvalue weighted by Gasteiger charge is -2.27. The number of carboxylic acids is 1. The third-order valence-corrected chi connectivity index (χ3v) is 3.87. The second-order valence-corrected chi connectivity index (χ2v) is 5.81. The third-order valence-electron chi connectivity index (χ3n) is 3.23. The van der Waals surface area contributed by atoms with Crippen LogP contribution < -0.4 is 4.90 Å². The Morgan fingerprint density at radius 3 is 2.85 bits per heavy atom. The number of aryl methyl sites for hydroxylation is 1. The van der Waals surface area contributed by atoms with Gasteiger partial charge in [0.1, 0.15) is 5.82 Å². The van der Waals surface area contributed by atoms with E-state index in [-0.39, 0.29) is 0 Å². The number of carboxylic acid groups (broad SMARTS) is 1. The first-order chi connectivity index (χ1) is 9.45. The van der Waals surface area contributed by atoms with Gasteiger partial charge in [0, 0.05) is 25.4 Å². The first kappa shape index (κ1) is 16.6. The Bertz CT molecular complexity index is 489. The summed E-state index contributed by atoms with van der Waals surface area (Å²) in [5.41, 5.74) is 1.86. The highest BCUT2D eigenvalue weighted by molar-refractivity contribution is 7.98. The predicted molar refractivity (Wildman–Crippen MR) is 86.5 cm³/mol. The zero-order valence-electron chi connectivity index (χ0n) is 12.5. The third kappa shape index (κ3) is 4.89. The normalized spacial score (nSPS) is 12.6. The van der Waals surface area contributed by atoms with Crippen molar-refractivity contribution in [1.82, 2.24) is 4.98 Å². The Hall–Kier alpha value is -1.49. The number of anilines is 1. The molecule has 0 saturated carbocycles. The quantitative estimate of drug-likeness (QED) is 0.783. The molecule has 0 radical (unpaired) electrons. The standard InChI is InChI=1S/C15H22N2O2S/c1-11-9-13(5-6-14(18)19)10-16-15(11)17(3)12(2)7-8-20-4/h5-6,9-10,12H,7-8H2,1-4H3,(H,18,19)/b6-5+. The van der Waals surface area contributed by atoms with Crippen LogP contribution in [0.15, 0.2) is 18.3 Å². The first-order valence-electron chi connectivity index (χ1n) is 6.55. The monoisotopic (exact) mass is 294 g/mol. The summed E-state index contributed by atoms with van der Waals surface area (Å²) in [6, 6.07) is 2.38. The fourth-order valence-electron chi connectivity index (χ4n) is 1.91. The van der Waals surface area contributed by atoms with Crippen LogP contribution in [0.25, 0.3) is 6.08 Å². The van der Waals surface area contributed by atoms with Gasteiger partial charge in [0.2, 0.25) is 0 Å². The molecule has 1 unspecified atom stereocenters. The maximum absolute atomic E-state index is 10.5. The van der Waals surface area contributed by atoms with Crippen LogP contribution in [0, 0.1) is 6.92 Å². The lowest BCUT2D eigenvalue weighted by Crippen LogP contribution is -2.30. The van der Waals surface area contributed by atoms with Crippen molar-refractivity contribution in [3.63, 3.8) is 0 Å². The van der Waals surface area contributed by atoms with E-state index in [9.17, 15) is 4.79 Å². The summed E-state index contributed by atoms with van der Waals surface area (Å²) in [6.45, 7) is 4.19. The number of hydrogen-bond donors (Lipinski definition) is 1. The summed E-state index contributed by atoms with van der Waals surface area (Å²) >= 11 is 1.85. The van der Waals surface area contributed by atoms with Crippen molar-refractivity contribution >= 4 is 29.6 Å². The van der Waals surface area contributed by atoms with Crippen LogP contribution in [-0.2, 0) is 4.79 Å². The molecule has 0 spiro atoms. The number of pyridine rings is 1. The molecular formula is C15H22N2O2S. The predicted octanol–water partition coefficient (Wildman–Crippen LogP) is 3.07. The minimum absolute atomic E-state index is 0.425. The number of thioether (sulfide) groups is 1. The average Bonchev–Trinajstić information content (AvgIpc) is 2.41. The van der Waals surface area contributed by atoms with Crippen LogP contribution in [0.3, 0.4) is 0 Å². The van der Waals surface area contributed by atoms with E-state index in [0.29, 0.717) is 6.04 Å². The Balaban J connectivity index is 2.84. The molecule has 1 rings (SSSR count). The maximum atomic E-state index is 10.5. The Labute approximate surface area is 124 Å². The fraction of sp³-hybridized carbons (Fsp3) is 0.467. The van der Waals surface area contributed by atoms with Crippen LogP contribution in [0.4, 0.5) is 5.82 Å². The van der Waals surface area contributed by atoms with E-state index in [1.54, 1.807) is 12.3 Å². The summed E-state index contributed by atoms with van der Waals surface area (Å²) in [5, 5.41) is 8.62. The first-order valence-corrected chi connectivity index (χ1v) is 7.94. The van der Waals surface area contributed by atoms with Gasteiger partial charge in [-0.15, -0.1) is 0 Å². The molecule has 0 aromatic carbocycles. The molecule has 5 heteroatoms. The van der Waals surface area contributed by atoms with Gasteiger partial charge in [-0.3, -0.25) is 0 Å². The lowest BCUT2D eigenvalue weighted by atomic mass is 10.1. The zero-order valence-corrected chi connectivity index (χ0v) is 13.3. The summed E-state index contributed by atoms with van der Waals surface area (Å²) in [5.74, 6) is 1.13. The van der Waals surface area contributed by atoms with Crippen molar-refractivity contribution in [3.05, 3.63) is 29.5 Å². The minimum Gasteiger partial charge on any atom is -0.478 e. The molecule has 0 aliphatic carbocycles. The molecule has 1 N–H and O–H groups in total. The van der Waals surface area contributed by atoms with Crippen molar-refractivity contribution in [2.75, 3.05) is 24.0 Å². The van der Waals surface area contributed by atoms with Crippen LogP contribution in [0.2, 0.25) is 0 Å². The number of rotatable bonds is 7. The second kappa shape index (κ2) is 7.94. The van der Waals surface area contributed by atoms with Crippen LogP contribution in [0.1, 0.15) is 24.5 Å². The van der Waals surface area contributed by atoms with E-state index in [2.05, 4.69) is 23.1 Å². The molecular weight excluding hydrogens is 272 g/mol. The summed E-state index contributed by atoms with van der Waals surface area (Å²) in [7, 11) is 2.05. The SMILES string of the molecule is CSCCC(C)N(C)c1ncc(/C=C/C(=O)O)cc1C. The molecule has 20 heavy (non-hydrogen) atoms. The molecule has 0 aliphatic heterocycles. The largest absolute Gasteiger partial charge is 0.478 e. The van der Waals surface area contributed by atoms with Crippen molar-refractivity contribution in [2.24, 2.45) is 0 Å². The number of aromatic nitrogens is 1. The molecule has 1 heterocycles. The van der Waals surface area contributed by atoms with E-state index in [0.717, 1.165) is 35.2 Å². The summed E-state index contributed by atoms with van der Waals surface area (Å²) < 4.78 is 0. The van der Waals surface area contributed by atoms with Gasteiger partial charge >= 0.3 is 5.97 Å². The van der Waals surface area contributed by atoms with Crippen LogP contribution >= 0.6 is 11.8 Å². The molecule has 0 fully saturated rings. The molecule has 110 valence electrons. The van der Waals surface area contributed by atoms with Crippen molar-refractivity contribution in [2.45, 2.75) is 26.3 Å². The number of aliphatic carboxylic acids is 1. The van der Waals surface area contributed by atoms with Crippen LogP contribution in [-0.4, -0.2) is 41.2 Å². The number of carbonyl (C=O) groups is 1.